The lowest BCUT2D eigenvalue weighted by Crippen LogP contribution is -2.09. The first-order valence-electron chi connectivity index (χ1n) is 6.33. The molecule has 0 spiro atoms. The molecular weight excluding hydrogens is 286 g/mol. The standard InChI is InChI=1S/C15H13N3O2S/c16-13-9-17-8-7-15(13)21(19,20)10-12-6-5-11-3-1-2-4-14(11)18-12/h1-9H,10,16H2. The second kappa shape index (κ2) is 5.14. The Hall–Kier alpha value is -2.47. The van der Waals surface area contributed by atoms with E-state index in [0.29, 0.717) is 5.69 Å². The van der Waals surface area contributed by atoms with Crippen molar-refractivity contribution in [2.24, 2.45) is 0 Å². The van der Waals surface area contributed by atoms with Crippen LogP contribution in [0.2, 0.25) is 0 Å². The van der Waals surface area contributed by atoms with E-state index < -0.39 is 9.84 Å². The second-order valence-corrected chi connectivity index (χ2v) is 6.63. The summed E-state index contributed by atoms with van der Waals surface area (Å²) in [5.74, 6) is -0.188. The van der Waals surface area contributed by atoms with E-state index in [0.717, 1.165) is 10.9 Å². The molecule has 3 aromatic rings. The Morgan fingerprint density at radius 2 is 1.86 bits per heavy atom. The van der Waals surface area contributed by atoms with Crippen molar-refractivity contribution in [3.63, 3.8) is 0 Å². The summed E-state index contributed by atoms with van der Waals surface area (Å²) in [4.78, 5) is 8.27. The van der Waals surface area contributed by atoms with Crippen LogP contribution < -0.4 is 5.73 Å². The fourth-order valence-electron chi connectivity index (χ4n) is 2.14. The molecule has 21 heavy (non-hydrogen) atoms. The number of benzene rings is 1. The van der Waals surface area contributed by atoms with Gasteiger partial charge in [-0.05, 0) is 18.2 Å². The summed E-state index contributed by atoms with van der Waals surface area (Å²) in [6, 6.07) is 12.6. The number of pyridine rings is 2. The van der Waals surface area contributed by atoms with E-state index in [4.69, 9.17) is 5.73 Å². The van der Waals surface area contributed by atoms with Gasteiger partial charge in [0.25, 0.3) is 0 Å². The lowest BCUT2D eigenvalue weighted by molar-refractivity contribution is 0.595. The number of rotatable bonds is 3. The van der Waals surface area contributed by atoms with Gasteiger partial charge in [0.1, 0.15) is 0 Å². The van der Waals surface area contributed by atoms with E-state index in [1.54, 1.807) is 6.07 Å². The van der Waals surface area contributed by atoms with Crippen LogP contribution in [0.5, 0.6) is 0 Å². The number of aromatic nitrogens is 2. The number of hydrogen-bond donors (Lipinski definition) is 1. The van der Waals surface area contributed by atoms with Gasteiger partial charge in [0.05, 0.1) is 33.7 Å². The summed E-state index contributed by atoms with van der Waals surface area (Å²) >= 11 is 0. The van der Waals surface area contributed by atoms with E-state index in [-0.39, 0.29) is 16.3 Å². The zero-order valence-electron chi connectivity index (χ0n) is 11.1. The Bertz CT molecular complexity index is 907. The Morgan fingerprint density at radius 1 is 1.05 bits per heavy atom. The molecule has 106 valence electrons. The summed E-state index contributed by atoms with van der Waals surface area (Å²) in [6.45, 7) is 0. The van der Waals surface area contributed by atoms with Crippen molar-refractivity contribution in [2.45, 2.75) is 10.6 Å². The van der Waals surface area contributed by atoms with Crippen LogP contribution in [-0.4, -0.2) is 18.4 Å². The zero-order chi connectivity index (χ0) is 14.9. The fraction of sp³-hybridized carbons (Fsp3) is 0.0667. The Morgan fingerprint density at radius 3 is 2.67 bits per heavy atom. The molecule has 0 saturated carbocycles. The molecule has 3 rings (SSSR count). The zero-order valence-corrected chi connectivity index (χ0v) is 11.9. The normalized spacial score (nSPS) is 11.6. The van der Waals surface area contributed by atoms with Crippen molar-refractivity contribution < 1.29 is 8.42 Å². The van der Waals surface area contributed by atoms with E-state index in [9.17, 15) is 8.42 Å². The highest BCUT2D eigenvalue weighted by molar-refractivity contribution is 7.90. The highest BCUT2D eigenvalue weighted by Crippen LogP contribution is 2.21. The molecule has 0 saturated heterocycles. The molecule has 2 heterocycles. The average Bonchev–Trinajstić information content (AvgIpc) is 2.47. The first-order chi connectivity index (χ1) is 10.1. The molecule has 2 N–H and O–H groups in total. The number of hydrogen-bond acceptors (Lipinski definition) is 5. The van der Waals surface area contributed by atoms with Gasteiger partial charge < -0.3 is 5.73 Å². The SMILES string of the molecule is Nc1cnccc1S(=O)(=O)Cc1ccc2ccccc2n1. The summed E-state index contributed by atoms with van der Waals surface area (Å²) in [6.07, 6.45) is 2.75. The average molecular weight is 299 g/mol. The minimum atomic E-state index is -3.54. The van der Waals surface area contributed by atoms with Gasteiger partial charge in [-0.15, -0.1) is 0 Å². The lowest BCUT2D eigenvalue weighted by atomic mass is 10.2. The van der Waals surface area contributed by atoms with Crippen LogP contribution in [0.15, 0.2) is 59.8 Å². The van der Waals surface area contributed by atoms with Crippen LogP contribution in [0, 0.1) is 0 Å². The number of nitrogens with zero attached hydrogens (tertiary/aromatic N) is 2. The van der Waals surface area contributed by atoms with Crippen LogP contribution >= 0.6 is 0 Å². The molecule has 0 radical (unpaired) electrons. The van der Waals surface area contributed by atoms with Crippen LogP contribution in [0.3, 0.4) is 0 Å². The quantitative estimate of drug-likeness (QED) is 0.801. The first-order valence-corrected chi connectivity index (χ1v) is 7.98. The van der Waals surface area contributed by atoms with Crippen molar-refractivity contribution in [1.29, 1.82) is 0 Å². The lowest BCUT2D eigenvalue weighted by Gasteiger charge is -2.07. The van der Waals surface area contributed by atoms with E-state index >= 15 is 0 Å². The molecule has 0 aliphatic carbocycles. The summed E-state index contributed by atoms with van der Waals surface area (Å²) in [5, 5.41) is 0.974. The molecule has 0 fully saturated rings. The van der Waals surface area contributed by atoms with E-state index in [1.165, 1.54) is 18.5 Å². The van der Waals surface area contributed by atoms with Gasteiger partial charge in [0, 0.05) is 11.6 Å². The van der Waals surface area contributed by atoms with Crippen LogP contribution in [0.4, 0.5) is 5.69 Å². The molecule has 0 aliphatic heterocycles. The third kappa shape index (κ3) is 2.71. The number of para-hydroxylation sites is 1. The topological polar surface area (TPSA) is 85.9 Å². The third-order valence-corrected chi connectivity index (χ3v) is 4.86. The highest BCUT2D eigenvalue weighted by atomic mass is 32.2. The number of sulfone groups is 1. The molecule has 1 aromatic carbocycles. The maximum Gasteiger partial charge on any atom is 0.186 e. The third-order valence-electron chi connectivity index (χ3n) is 3.14. The van der Waals surface area contributed by atoms with Gasteiger partial charge in [-0.2, -0.15) is 0 Å². The van der Waals surface area contributed by atoms with E-state index in [2.05, 4.69) is 9.97 Å². The van der Waals surface area contributed by atoms with Gasteiger partial charge >= 0.3 is 0 Å². The summed E-state index contributed by atoms with van der Waals surface area (Å²) < 4.78 is 24.8. The second-order valence-electron chi connectivity index (χ2n) is 4.67. The predicted octanol–water partition coefficient (Wildman–Crippen LogP) is 2.19. The number of nitrogens with two attached hydrogens (primary N) is 1. The minimum Gasteiger partial charge on any atom is -0.396 e. The van der Waals surface area contributed by atoms with Gasteiger partial charge in [-0.25, -0.2) is 8.42 Å². The molecule has 0 aliphatic rings. The van der Waals surface area contributed by atoms with Gasteiger partial charge in [-0.3, -0.25) is 9.97 Å². The number of nitrogen functional groups attached to an aromatic ring is 1. The molecular formula is C15H13N3O2S. The van der Waals surface area contributed by atoms with Crippen LogP contribution in [-0.2, 0) is 15.6 Å². The van der Waals surface area contributed by atoms with Crippen molar-refractivity contribution >= 4 is 26.4 Å². The predicted molar refractivity (Wildman–Crippen MR) is 81.3 cm³/mol. The Kier molecular flexibility index (Phi) is 3.31. The molecule has 0 unspecified atom stereocenters. The van der Waals surface area contributed by atoms with Crippen molar-refractivity contribution in [3.8, 4) is 0 Å². The molecule has 6 heteroatoms. The van der Waals surface area contributed by atoms with Crippen LogP contribution in [0.25, 0.3) is 10.9 Å². The smallest absolute Gasteiger partial charge is 0.186 e. The minimum absolute atomic E-state index is 0.0902. The Balaban J connectivity index is 1.99. The molecule has 0 amide bonds. The maximum atomic E-state index is 12.4. The molecule has 0 atom stereocenters. The highest BCUT2D eigenvalue weighted by Gasteiger charge is 2.19. The maximum absolute atomic E-state index is 12.4. The van der Waals surface area contributed by atoms with Crippen LogP contribution in [0.1, 0.15) is 5.69 Å². The summed E-state index contributed by atoms with van der Waals surface area (Å²) in [7, 11) is -3.54. The monoisotopic (exact) mass is 299 g/mol. The molecule has 5 nitrogen and oxygen atoms in total. The first kappa shape index (κ1) is 13.5. The Labute approximate surface area is 122 Å². The fourth-order valence-corrected chi connectivity index (χ4v) is 3.52. The van der Waals surface area contributed by atoms with Gasteiger partial charge in [0.15, 0.2) is 9.84 Å². The van der Waals surface area contributed by atoms with Crippen molar-refractivity contribution in [3.05, 3.63) is 60.6 Å². The number of fused-ring (bicyclic) bond motifs is 1. The largest absolute Gasteiger partial charge is 0.396 e. The summed E-state index contributed by atoms with van der Waals surface area (Å²) in [5.41, 5.74) is 7.10. The van der Waals surface area contributed by atoms with Crippen molar-refractivity contribution in [1.82, 2.24) is 9.97 Å². The van der Waals surface area contributed by atoms with Crippen molar-refractivity contribution in [2.75, 3.05) is 5.73 Å². The van der Waals surface area contributed by atoms with Gasteiger partial charge in [-0.1, -0.05) is 24.3 Å². The molecule has 2 aromatic heterocycles. The number of anilines is 1. The van der Waals surface area contributed by atoms with E-state index in [1.807, 2.05) is 30.3 Å². The molecule has 0 bridgehead atoms. The van der Waals surface area contributed by atoms with Gasteiger partial charge in [0.2, 0.25) is 0 Å².